The molecule has 0 bridgehead atoms. The summed E-state index contributed by atoms with van der Waals surface area (Å²) in [7, 11) is 0. The van der Waals surface area contributed by atoms with Gasteiger partial charge in [-0.15, -0.1) is 0 Å². The molecule has 1 aliphatic carbocycles. The summed E-state index contributed by atoms with van der Waals surface area (Å²) in [4.78, 5) is 12.2. The van der Waals surface area contributed by atoms with Gasteiger partial charge in [-0.25, -0.2) is 0 Å². The first kappa shape index (κ1) is 12.0. The lowest BCUT2D eigenvalue weighted by atomic mass is 9.83. The van der Waals surface area contributed by atoms with Crippen molar-refractivity contribution in [2.24, 2.45) is 5.92 Å². The molecule has 18 heavy (non-hydrogen) atoms. The van der Waals surface area contributed by atoms with Crippen molar-refractivity contribution < 1.29 is 4.79 Å². The fraction of sp³-hybridized carbons (Fsp3) is 0.500. The quantitative estimate of drug-likeness (QED) is 0.829. The number of carbonyl (C=O) groups is 1. The van der Waals surface area contributed by atoms with Crippen molar-refractivity contribution in [3.63, 3.8) is 0 Å². The van der Waals surface area contributed by atoms with Crippen LogP contribution < -0.4 is 10.6 Å². The van der Waals surface area contributed by atoms with Gasteiger partial charge in [0.1, 0.15) is 6.04 Å². The topological polar surface area (TPSA) is 41.1 Å². The van der Waals surface area contributed by atoms with Crippen LogP contribution in [0.2, 0.25) is 0 Å². The number of hydrogen-bond acceptors (Lipinski definition) is 2. The lowest BCUT2D eigenvalue weighted by molar-refractivity contribution is -0.118. The number of hydrogen-bond donors (Lipinski definition) is 2. The van der Waals surface area contributed by atoms with Gasteiger partial charge in [-0.05, 0) is 37.0 Å². The van der Waals surface area contributed by atoms with E-state index >= 15 is 0 Å². The minimum atomic E-state index is -0.0565. The van der Waals surface area contributed by atoms with Gasteiger partial charge in [0.05, 0.1) is 11.4 Å². The molecular formula is C14H17BrN2O. The summed E-state index contributed by atoms with van der Waals surface area (Å²) in [6.45, 7) is 0. The first-order chi connectivity index (χ1) is 8.74. The third-order valence-electron chi connectivity index (χ3n) is 3.95. The fourth-order valence-corrected chi connectivity index (χ4v) is 3.35. The number of halogens is 1. The van der Waals surface area contributed by atoms with Gasteiger partial charge >= 0.3 is 0 Å². The summed E-state index contributed by atoms with van der Waals surface area (Å²) >= 11 is 3.42. The smallest absolute Gasteiger partial charge is 0.247 e. The molecule has 1 aromatic rings. The number of nitrogens with one attached hydrogen (secondary N) is 2. The first-order valence-electron chi connectivity index (χ1n) is 6.61. The van der Waals surface area contributed by atoms with Gasteiger partial charge in [0.15, 0.2) is 0 Å². The number of rotatable bonds is 1. The second kappa shape index (κ2) is 4.92. The molecule has 96 valence electrons. The summed E-state index contributed by atoms with van der Waals surface area (Å²) in [5.41, 5.74) is 1.91. The van der Waals surface area contributed by atoms with Gasteiger partial charge in [-0.3, -0.25) is 4.79 Å². The van der Waals surface area contributed by atoms with E-state index < -0.39 is 0 Å². The molecule has 1 unspecified atom stereocenters. The minimum absolute atomic E-state index is 0.0565. The molecule has 1 aromatic carbocycles. The largest absolute Gasteiger partial charge is 0.372 e. The van der Waals surface area contributed by atoms with Gasteiger partial charge in [0.2, 0.25) is 5.91 Å². The average Bonchev–Trinajstić information content (AvgIpc) is 2.39. The van der Waals surface area contributed by atoms with E-state index in [1.165, 1.54) is 19.3 Å². The zero-order chi connectivity index (χ0) is 12.5. The van der Waals surface area contributed by atoms with Crippen molar-refractivity contribution in [2.75, 3.05) is 10.6 Å². The van der Waals surface area contributed by atoms with E-state index in [4.69, 9.17) is 0 Å². The number of carbonyl (C=O) groups excluding carboxylic acids is 1. The predicted molar refractivity (Wildman–Crippen MR) is 76.8 cm³/mol. The SMILES string of the molecule is O=C1Nc2cc(Br)ccc2NC1C1CCCCC1. The van der Waals surface area contributed by atoms with Crippen LogP contribution in [0.5, 0.6) is 0 Å². The number of anilines is 2. The summed E-state index contributed by atoms with van der Waals surface area (Å²) < 4.78 is 0.986. The van der Waals surface area contributed by atoms with Crippen LogP contribution in [-0.2, 0) is 4.79 Å². The molecular weight excluding hydrogens is 292 g/mol. The van der Waals surface area contributed by atoms with Crippen LogP contribution in [-0.4, -0.2) is 11.9 Å². The van der Waals surface area contributed by atoms with Crippen LogP contribution >= 0.6 is 15.9 Å². The van der Waals surface area contributed by atoms with E-state index in [1.807, 2.05) is 18.2 Å². The summed E-state index contributed by atoms with van der Waals surface area (Å²) in [5.74, 6) is 0.600. The second-order valence-electron chi connectivity index (χ2n) is 5.20. The monoisotopic (exact) mass is 308 g/mol. The highest BCUT2D eigenvalue weighted by Gasteiger charge is 2.33. The van der Waals surface area contributed by atoms with Crippen molar-refractivity contribution in [3.05, 3.63) is 22.7 Å². The standard InChI is InChI=1S/C14H17BrN2O/c15-10-6-7-11-12(8-10)17-14(18)13(16-11)9-4-2-1-3-5-9/h6-9,13,16H,1-5H2,(H,17,18). The van der Waals surface area contributed by atoms with Crippen molar-refractivity contribution in [1.82, 2.24) is 0 Å². The Morgan fingerprint density at radius 2 is 1.89 bits per heavy atom. The van der Waals surface area contributed by atoms with Gasteiger partial charge < -0.3 is 10.6 Å². The Balaban J connectivity index is 1.82. The Kier molecular flexibility index (Phi) is 3.29. The molecule has 1 aliphatic heterocycles. The third-order valence-corrected chi connectivity index (χ3v) is 4.45. The number of amides is 1. The molecule has 0 saturated heterocycles. The van der Waals surface area contributed by atoms with Crippen LogP contribution in [0.4, 0.5) is 11.4 Å². The molecule has 3 rings (SSSR count). The van der Waals surface area contributed by atoms with Crippen LogP contribution in [0.1, 0.15) is 32.1 Å². The fourth-order valence-electron chi connectivity index (χ4n) is 2.99. The Labute approximate surface area is 115 Å². The van der Waals surface area contributed by atoms with E-state index in [9.17, 15) is 4.79 Å². The molecule has 1 fully saturated rings. The molecule has 1 heterocycles. The third kappa shape index (κ3) is 2.26. The van der Waals surface area contributed by atoms with Gasteiger partial charge in [0.25, 0.3) is 0 Å². The Morgan fingerprint density at radius 1 is 1.11 bits per heavy atom. The average molecular weight is 309 g/mol. The van der Waals surface area contributed by atoms with Crippen LogP contribution in [0, 0.1) is 5.92 Å². The van der Waals surface area contributed by atoms with E-state index in [2.05, 4.69) is 26.6 Å². The maximum absolute atomic E-state index is 12.2. The maximum atomic E-state index is 12.2. The van der Waals surface area contributed by atoms with Gasteiger partial charge in [-0.1, -0.05) is 35.2 Å². The molecule has 0 spiro atoms. The molecule has 2 N–H and O–H groups in total. The zero-order valence-electron chi connectivity index (χ0n) is 10.2. The van der Waals surface area contributed by atoms with Crippen molar-refractivity contribution in [1.29, 1.82) is 0 Å². The summed E-state index contributed by atoms with van der Waals surface area (Å²) in [6.07, 6.45) is 6.15. The lowest BCUT2D eigenvalue weighted by Crippen LogP contribution is -2.44. The normalized spacial score (nSPS) is 24.1. The highest BCUT2D eigenvalue weighted by Crippen LogP contribution is 2.35. The summed E-state index contributed by atoms with van der Waals surface area (Å²) in [5, 5.41) is 6.43. The molecule has 0 aromatic heterocycles. The molecule has 1 atom stereocenters. The van der Waals surface area contributed by atoms with Gasteiger partial charge in [-0.2, -0.15) is 0 Å². The van der Waals surface area contributed by atoms with E-state index in [1.54, 1.807) is 0 Å². The van der Waals surface area contributed by atoms with Crippen LogP contribution in [0.3, 0.4) is 0 Å². The Hall–Kier alpha value is -1.03. The predicted octanol–water partition coefficient (Wildman–Crippen LogP) is 3.76. The maximum Gasteiger partial charge on any atom is 0.247 e. The van der Waals surface area contributed by atoms with Crippen molar-refractivity contribution in [3.8, 4) is 0 Å². The second-order valence-corrected chi connectivity index (χ2v) is 6.11. The number of fused-ring (bicyclic) bond motifs is 1. The van der Waals surface area contributed by atoms with Gasteiger partial charge in [0, 0.05) is 4.47 Å². The van der Waals surface area contributed by atoms with Crippen molar-refractivity contribution in [2.45, 2.75) is 38.1 Å². The number of benzene rings is 1. The van der Waals surface area contributed by atoms with Crippen LogP contribution in [0.25, 0.3) is 0 Å². The van der Waals surface area contributed by atoms with E-state index in [-0.39, 0.29) is 11.9 Å². The molecule has 0 radical (unpaired) electrons. The Bertz CT molecular complexity index is 469. The zero-order valence-corrected chi connectivity index (χ0v) is 11.8. The molecule has 3 nitrogen and oxygen atoms in total. The first-order valence-corrected chi connectivity index (χ1v) is 7.40. The molecule has 1 saturated carbocycles. The lowest BCUT2D eigenvalue weighted by Gasteiger charge is -2.34. The minimum Gasteiger partial charge on any atom is -0.372 e. The van der Waals surface area contributed by atoms with E-state index in [0.29, 0.717) is 5.92 Å². The Morgan fingerprint density at radius 3 is 2.67 bits per heavy atom. The van der Waals surface area contributed by atoms with Crippen molar-refractivity contribution >= 4 is 33.2 Å². The van der Waals surface area contributed by atoms with Crippen LogP contribution in [0.15, 0.2) is 22.7 Å². The molecule has 2 aliphatic rings. The highest BCUT2D eigenvalue weighted by atomic mass is 79.9. The molecule has 1 amide bonds. The molecule has 4 heteroatoms. The van der Waals surface area contributed by atoms with E-state index in [0.717, 1.165) is 28.7 Å². The highest BCUT2D eigenvalue weighted by molar-refractivity contribution is 9.10. The summed E-state index contributed by atoms with van der Waals surface area (Å²) in [6, 6.07) is 5.91.